The van der Waals surface area contributed by atoms with Gasteiger partial charge in [-0.15, -0.1) is 11.3 Å². The fourth-order valence-electron chi connectivity index (χ4n) is 2.54. The van der Waals surface area contributed by atoms with Crippen molar-refractivity contribution in [3.05, 3.63) is 51.2 Å². The lowest BCUT2D eigenvalue weighted by atomic mass is 10.2. The van der Waals surface area contributed by atoms with Crippen LogP contribution in [0.2, 0.25) is 0 Å². The number of hydrogen-bond donors (Lipinski definition) is 2. The van der Waals surface area contributed by atoms with Crippen molar-refractivity contribution < 1.29 is 13.2 Å². The molecular formula is C15H16N2O3S2. The molecule has 0 bridgehead atoms. The molecule has 3 rings (SSSR count). The summed E-state index contributed by atoms with van der Waals surface area (Å²) in [5.41, 5.74) is 1.98. The average Bonchev–Trinajstić information content (AvgIpc) is 3.05. The summed E-state index contributed by atoms with van der Waals surface area (Å²) in [5, 5.41) is 7.92. The number of nitrogens with one attached hydrogen (secondary N) is 1. The minimum Gasteiger partial charge on any atom is -0.347 e. The molecule has 0 spiro atoms. The first-order valence-corrected chi connectivity index (χ1v) is 9.31. The van der Waals surface area contributed by atoms with Gasteiger partial charge in [-0.05, 0) is 48.6 Å². The van der Waals surface area contributed by atoms with E-state index in [4.69, 9.17) is 5.14 Å². The number of sulfonamides is 1. The van der Waals surface area contributed by atoms with Gasteiger partial charge >= 0.3 is 0 Å². The normalized spacial score (nSPS) is 13.9. The zero-order valence-electron chi connectivity index (χ0n) is 11.8. The van der Waals surface area contributed by atoms with E-state index in [1.165, 1.54) is 29.0 Å². The number of benzene rings is 1. The van der Waals surface area contributed by atoms with Crippen LogP contribution in [0.4, 0.5) is 0 Å². The number of thiophene rings is 1. The van der Waals surface area contributed by atoms with Gasteiger partial charge in [-0.2, -0.15) is 0 Å². The number of rotatable bonds is 4. The Balaban J connectivity index is 1.68. The van der Waals surface area contributed by atoms with Gasteiger partial charge in [0.25, 0.3) is 5.91 Å². The Labute approximate surface area is 133 Å². The SMILES string of the molecule is NS(=O)(=O)c1cccc(CNC(=O)c2cc3c(s2)CCC3)c1. The molecule has 1 aromatic heterocycles. The van der Waals surface area contributed by atoms with E-state index < -0.39 is 10.0 Å². The van der Waals surface area contributed by atoms with Crippen molar-refractivity contribution in [2.24, 2.45) is 5.14 Å². The largest absolute Gasteiger partial charge is 0.347 e. The lowest BCUT2D eigenvalue weighted by Gasteiger charge is -2.05. The molecule has 5 nitrogen and oxygen atoms in total. The standard InChI is InChI=1S/C15H16N2O3S2/c16-22(19,20)12-5-1-3-10(7-12)9-17-15(18)14-8-11-4-2-6-13(11)21-14/h1,3,5,7-8H,2,4,6,9H2,(H,17,18)(H2,16,19,20). The first kappa shape index (κ1) is 15.2. The highest BCUT2D eigenvalue weighted by atomic mass is 32.2. The lowest BCUT2D eigenvalue weighted by molar-refractivity contribution is 0.0955. The van der Waals surface area contributed by atoms with Gasteiger partial charge in [0.15, 0.2) is 0 Å². The maximum absolute atomic E-state index is 12.2. The zero-order valence-corrected chi connectivity index (χ0v) is 13.5. The van der Waals surface area contributed by atoms with Crippen LogP contribution >= 0.6 is 11.3 Å². The summed E-state index contributed by atoms with van der Waals surface area (Å²) >= 11 is 1.54. The minimum absolute atomic E-state index is 0.0503. The number of primary sulfonamides is 1. The number of carbonyl (C=O) groups is 1. The summed E-state index contributed by atoms with van der Waals surface area (Å²) in [6.07, 6.45) is 3.28. The summed E-state index contributed by atoms with van der Waals surface area (Å²) in [6, 6.07) is 8.24. The van der Waals surface area contributed by atoms with E-state index in [-0.39, 0.29) is 17.3 Å². The van der Waals surface area contributed by atoms with Crippen LogP contribution in [0.3, 0.4) is 0 Å². The third kappa shape index (κ3) is 3.21. The van der Waals surface area contributed by atoms with E-state index >= 15 is 0 Å². The van der Waals surface area contributed by atoms with Gasteiger partial charge in [-0.1, -0.05) is 12.1 Å². The molecule has 2 aromatic rings. The number of amides is 1. The van der Waals surface area contributed by atoms with Crippen molar-refractivity contribution in [1.82, 2.24) is 5.32 Å². The van der Waals surface area contributed by atoms with E-state index in [0.29, 0.717) is 10.4 Å². The van der Waals surface area contributed by atoms with Crippen molar-refractivity contribution in [3.63, 3.8) is 0 Å². The van der Waals surface area contributed by atoms with Crippen LogP contribution in [0.1, 0.15) is 32.1 Å². The monoisotopic (exact) mass is 336 g/mol. The molecule has 0 aliphatic heterocycles. The third-order valence-electron chi connectivity index (χ3n) is 3.65. The van der Waals surface area contributed by atoms with Gasteiger partial charge in [-0.3, -0.25) is 4.79 Å². The molecule has 0 unspecified atom stereocenters. The van der Waals surface area contributed by atoms with Crippen molar-refractivity contribution in [2.75, 3.05) is 0 Å². The molecule has 1 aliphatic carbocycles. The maximum Gasteiger partial charge on any atom is 0.261 e. The maximum atomic E-state index is 12.2. The molecule has 1 aromatic carbocycles. The summed E-state index contributed by atoms with van der Waals surface area (Å²) in [6.45, 7) is 0.269. The van der Waals surface area contributed by atoms with Crippen LogP contribution in [0, 0.1) is 0 Å². The first-order valence-electron chi connectivity index (χ1n) is 6.95. The van der Waals surface area contributed by atoms with Gasteiger partial charge in [0.05, 0.1) is 9.77 Å². The smallest absolute Gasteiger partial charge is 0.261 e. The van der Waals surface area contributed by atoms with Gasteiger partial charge in [-0.25, -0.2) is 13.6 Å². The Hall–Kier alpha value is -1.70. The summed E-state index contributed by atoms with van der Waals surface area (Å²) in [5.74, 6) is -0.125. The Morgan fingerprint density at radius 1 is 1.27 bits per heavy atom. The second-order valence-electron chi connectivity index (χ2n) is 5.29. The van der Waals surface area contributed by atoms with Crippen LogP contribution in [-0.2, 0) is 29.4 Å². The van der Waals surface area contributed by atoms with Crippen LogP contribution in [-0.4, -0.2) is 14.3 Å². The highest BCUT2D eigenvalue weighted by Crippen LogP contribution is 2.30. The van der Waals surface area contributed by atoms with E-state index in [0.717, 1.165) is 12.8 Å². The van der Waals surface area contributed by atoms with E-state index in [2.05, 4.69) is 5.32 Å². The molecule has 0 saturated heterocycles. The topological polar surface area (TPSA) is 89.3 Å². The zero-order chi connectivity index (χ0) is 15.7. The molecule has 0 atom stereocenters. The van der Waals surface area contributed by atoms with E-state index in [1.54, 1.807) is 23.5 Å². The number of fused-ring (bicyclic) bond motifs is 1. The molecule has 22 heavy (non-hydrogen) atoms. The molecule has 1 aliphatic rings. The predicted octanol–water partition coefficient (Wildman–Crippen LogP) is 1.81. The Morgan fingerprint density at radius 2 is 2.09 bits per heavy atom. The average molecular weight is 336 g/mol. The summed E-state index contributed by atoms with van der Waals surface area (Å²) in [4.78, 5) is 14.2. The lowest BCUT2D eigenvalue weighted by Crippen LogP contribution is -2.22. The summed E-state index contributed by atoms with van der Waals surface area (Å²) < 4.78 is 22.6. The van der Waals surface area contributed by atoms with Crippen molar-refractivity contribution >= 4 is 27.3 Å². The Kier molecular flexibility index (Phi) is 4.03. The van der Waals surface area contributed by atoms with Gasteiger partial charge in [0.2, 0.25) is 10.0 Å². The number of hydrogen-bond acceptors (Lipinski definition) is 4. The van der Waals surface area contributed by atoms with Gasteiger partial charge in [0.1, 0.15) is 0 Å². The van der Waals surface area contributed by atoms with Crippen LogP contribution < -0.4 is 10.5 Å². The highest BCUT2D eigenvalue weighted by Gasteiger charge is 2.18. The number of aryl methyl sites for hydroxylation is 2. The van der Waals surface area contributed by atoms with E-state index in [9.17, 15) is 13.2 Å². The molecule has 1 amide bonds. The number of nitrogens with two attached hydrogens (primary N) is 1. The van der Waals surface area contributed by atoms with Crippen molar-refractivity contribution in [2.45, 2.75) is 30.7 Å². The fraction of sp³-hybridized carbons (Fsp3) is 0.267. The van der Waals surface area contributed by atoms with Crippen molar-refractivity contribution in [1.29, 1.82) is 0 Å². The molecule has 7 heteroatoms. The molecule has 0 saturated carbocycles. The molecule has 3 N–H and O–H groups in total. The molecule has 0 fully saturated rings. The molecule has 1 heterocycles. The van der Waals surface area contributed by atoms with Gasteiger partial charge < -0.3 is 5.32 Å². The van der Waals surface area contributed by atoms with E-state index in [1.807, 2.05) is 6.07 Å². The quantitative estimate of drug-likeness (QED) is 0.892. The van der Waals surface area contributed by atoms with Gasteiger partial charge in [0, 0.05) is 11.4 Å². The second-order valence-corrected chi connectivity index (χ2v) is 7.99. The fourth-order valence-corrected chi connectivity index (χ4v) is 4.30. The third-order valence-corrected chi connectivity index (χ3v) is 5.80. The predicted molar refractivity (Wildman–Crippen MR) is 85.3 cm³/mol. The van der Waals surface area contributed by atoms with Crippen LogP contribution in [0.5, 0.6) is 0 Å². The molecule has 0 radical (unpaired) electrons. The summed E-state index contributed by atoms with van der Waals surface area (Å²) in [7, 11) is -3.72. The Bertz CT molecular complexity index is 804. The number of carbonyl (C=O) groups excluding carboxylic acids is 1. The Morgan fingerprint density at radius 3 is 2.82 bits per heavy atom. The van der Waals surface area contributed by atoms with Crippen molar-refractivity contribution in [3.8, 4) is 0 Å². The van der Waals surface area contributed by atoms with Crippen LogP contribution in [0.15, 0.2) is 35.2 Å². The van der Waals surface area contributed by atoms with Crippen LogP contribution in [0.25, 0.3) is 0 Å². The second kappa shape index (κ2) is 5.83. The molecule has 116 valence electrons. The first-order chi connectivity index (χ1) is 10.4. The minimum atomic E-state index is -3.72. The highest BCUT2D eigenvalue weighted by molar-refractivity contribution is 7.89. The molecular weight excluding hydrogens is 320 g/mol.